The Balaban J connectivity index is 2.84. The molecular weight excluding hydrogens is 246 g/mol. The maximum Gasteiger partial charge on any atom is 0.0625 e. The average molecular weight is 254 g/mol. The Kier molecular flexibility index (Phi) is 4.07. The van der Waals surface area contributed by atoms with Crippen LogP contribution in [0.4, 0.5) is 0 Å². The summed E-state index contributed by atoms with van der Waals surface area (Å²) < 4.78 is 0.998. The van der Waals surface area contributed by atoms with E-state index in [1.807, 2.05) is 18.2 Å². The Labute approximate surface area is 91.5 Å². The van der Waals surface area contributed by atoms with E-state index in [4.69, 9.17) is 17.5 Å². The number of benzene rings is 1. The van der Waals surface area contributed by atoms with Gasteiger partial charge in [0.05, 0.1) is 6.07 Å². The average Bonchev–Trinajstić information content (AvgIpc) is 2.15. The van der Waals surface area contributed by atoms with Crippen LogP contribution in [0.25, 0.3) is 0 Å². The predicted molar refractivity (Wildman–Crippen MR) is 60.8 cm³/mol. The SMILES string of the molecule is N#CCCc1ccc(C=S)c(Br)c1. The van der Waals surface area contributed by atoms with Crippen molar-refractivity contribution in [3.05, 3.63) is 33.8 Å². The van der Waals surface area contributed by atoms with Gasteiger partial charge < -0.3 is 0 Å². The van der Waals surface area contributed by atoms with Crippen LogP contribution in [-0.2, 0) is 6.42 Å². The van der Waals surface area contributed by atoms with Gasteiger partial charge in [0, 0.05) is 16.3 Å². The van der Waals surface area contributed by atoms with Gasteiger partial charge in [-0.1, -0.05) is 40.3 Å². The lowest BCUT2D eigenvalue weighted by molar-refractivity contribution is 1.01. The second kappa shape index (κ2) is 5.11. The monoisotopic (exact) mass is 253 g/mol. The van der Waals surface area contributed by atoms with Gasteiger partial charge in [0.25, 0.3) is 0 Å². The fourth-order valence-corrected chi connectivity index (χ4v) is 1.92. The van der Waals surface area contributed by atoms with E-state index in [0.717, 1.165) is 22.0 Å². The number of nitriles is 1. The van der Waals surface area contributed by atoms with E-state index in [1.54, 1.807) is 5.37 Å². The molecule has 1 nitrogen and oxygen atoms in total. The summed E-state index contributed by atoms with van der Waals surface area (Å²) in [6.45, 7) is 0. The summed E-state index contributed by atoms with van der Waals surface area (Å²) in [5.74, 6) is 0. The molecule has 13 heavy (non-hydrogen) atoms. The molecule has 0 atom stereocenters. The minimum absolute atomic E-state index is 0.559. The number of aryl methyl sites for hydroxylation is 1. The first-order valence-corrected chi connectivity index (χ1v) is 5.15. The van der Waals surface area contributed by atoms with Crippen molar-refractivity contribution in [2.75, 3.05) is 0 Å². The molecule has 1 aromatic carbocycles. The molecule has 0 unspecified atom stereocenters. The van der Waals surface area contributed by atoms with Crippen molar-refractivity contribution in [1.82, 2.24) is 0 Å². The molecule has 1 rings (SSSR count). The first-order valence-electron chi connectivity index (χ1n) is 3.88. The molecule has 0 aliphatic heterocycles. The van der Waals surface area contributed by atoms with Crippen molar-refractivity contribution < 1.29 is 0 Å². The van der Waals surface area contributed by atoms with Gasteiger partial charge in [0.1, 0.15) is 0 Å². The normalized spacial score (nSPS) is 9.23. The quantitative estimate of drug-likeness (QED) is 0.773. The molecule has 0 spiro atoms. The third-order valence-electron chi connectivity index (χ3n) is 1.72. The van der Waals surface area contributed by atoms with Crippen LogP contribution in [0.3, 0.4) is 0 Å². The molecule has 0 N–H and O–H groups in total. The topological polar surface area (TPSA) is 23.8 Å². The van der Waals surface area contributed by atoms with Crippen molar-refractivity contribution >= 4 is 33.5 Å². The molecule has 3 heteroatoms. The van der Waals surface area contributed by atoms with Gasteiger partial charge in [-0.15, -0.1) is 0 Å². The van der Waals surface area contributed by atoms with Gasteiger partial charge in [-0.3, -0.25) is 0 Å². The smallest absolute Gasteiger partial charge is 0.0625 e. The van der Waals surface area contributed by atoms with E-state index in [1.165, 1.54) is 0 Å². The van der Waals surface area contributed by atoms with Gasteiger partial charge in [-0.25, -0.2) is 0 Å². The van der Waals surface area contributed by atoms with Gasteiger partial charge >= 0.3 is 0 Å². The molecule has 66 valence electrons. The van der Waals surface area contributed by atoms with E-state index < -0.39 is 0 Å². The first-order chi connectivity index (χ1) is 6.27. The molecule has 1 aromatic rings. The third-order valence-corrected chi connectivity index (χ3v) is 2.66. The van der Waals surface area contributed by atoms with Crippen LogP contribution < -0.4 is 0 Å². The van der Waals surface area contributed by atoms with Crippen molar-refractivity contribution in [1.29, 1.82) is 5.26 Å². The Morgan fingerprint density at radius 3 is 2.85 bits per heavy atom. The molecule has 0 aliphatic rings. The maximum absolute atomic E-state index is 8.41. The van der Waals surface area contributed by atoms with Gasteiger partial charge in [-0.2, -0.15) is 5.26 Å². The summed E-state index contributed by atoms with van der Waals surface area (Å²) >= 11 is 8.25. The zero-order valence-electron chi connectivity index (χ0n) is 6.96. The van der Waals surface area contributed by atoms with Crippen LogP contribution in [0, 0.1) is 11.3 Å². The Morgan fingerprint density at radius 2 is 2.31 bits per heavy atom. The number of hydrogen-bond donors (Lipinski definition) is 0. The molecular formula is C10H8BrNS. The highest BCUT2D eigenvalue weighted by Gasteiger charge is 1.98. The molecule has 0 aliphatic carbocycles. The fraction of sp³-hybridized carbons (Fsp3) is 0.200. The van der Waals surface area contributed by atoms with Gasteiger partial charge in [-0.05, 0) is 23.6 Å². The second-order valence-electron chi connectivity index (χ2n) is 2.63. The highest BCUT2D eigenvalue weighted by molar-refractivity contribution is 9.10. The van der Waals surface area contributed by atoms with Crippen LogP contribution in [0.5, 0.6) is 0 Å². The zero-order valence-corrected chi connectivity index (χ0v) is 9.36. The minimum atomic E-state index is 0.559. The zero-order chi connectivity index (χ0) is 9.68. The lowest BCUT2D eigenvalue weighted by Crippen LogP contribution is -1.87. The van der Waals surface area contributed by atoms with Crippen molar-refractivity contribution in [2.24, 2.45) is 0 Å². The summed E-state index contributed by atoms with van der Waals surface area (Å²) in [4.78, 5) is 0. The number of nitrogens with zero attached hydrogens (tertiary/aromatic N) is 1. The second-order valence-corrected chi connectivity index (χ2v) is 3.72. The Bertz CT molecular complexity index is 354. The van der Waals surface area contributed by atoms with E-state index in [0.29, 0.717) is 6.42 Å². The van der Waals surface area contributed by atoms with E-state index in [-0.39, 0.29) is 0 Å². The van der Waals surface area contributed by atoms with Crippen LogP contribution >= 0.6 is 28.1 Å². The molecule has 0 aromatic heterocycles. The number of halogens is 1. The van der Waals surface area contributed by atoms with Gasteiger partial charge in [0.2, 0.25) is 0 Å². The van der Waals surface area contributed by atoms with Crippen molar-refractivity contribution in [3.8, 4) is 6.07 Å². The molecule has 0 fully saturated rings. The lowest BCUT2D eigenvalue weighted by Gasteiger charge is -2.01. The van der Waals surface area contributed by atoms with Crippen molar-refractivity contribution in [3.63, 3.8) is 0 Å². The van der Waals surface area contributed by atoms with Crippen LogP contribution in [0.15, 0.2) is 22.7 Å². The summed E-state index contributed by atoms with van der Waals surface area (Å²) in [5.41, 5.74) is 2.17. The number of rotatable bonds is 3. The van der Waals surface area contributed by atoms with Crippen LogP contribution in [-0.4, -0.2) is 5.37 Å². The predicted octanol–water partition coefficient (Wildman–Crippen LogP) is 3.25. The van der Waals surface area contributed by atoms with Gasteiger partial charge in [0.15, 0.2) is 0 Å². The minimum Gasteiger partial charge on any atom is -0.198 e. The van der Waals surface area contributed by atoms with E-state index in [9.17, 15) is 0 Å². The standard InChI is InChI=1S/C10H8BrNS/c11-10-6-8(2-1-5-12)3-4-9(10)7-13/h3-4,6-7H,1-2H2. The third kappa shape index (κ3) is 2.91. The fourth-order valence-electron chi connectivity index (χ4n) is 1.02. The van der Waals surface area contributed by atoms with Crippen molar-refractivity contribution in [2.45, 2.75) is 12.8 Å². The Hall–Kier alpha value is -0.720. The molecule has 0 saturated carbocycles. The number of hydrogen-bond acceptors (Lipinski definition) is 2. The lowest BCUT2D eigenvalue weighted by atomic mass is 10.1. The van der Waals surface area contributed by atoms with E-state index >= 15 is 0 Å². The first kappa shape index (κ1) is 10.4. The summed E-state index contributed by atoms with van der Waals surface area (Å²) in [5, 5.41) is 10.1. The highest BCUT2D eigenvalue weighted by Crippen LogP contribution is 2.17. The molecule has 0 saturated heterocycles. The van der Waals surface area contributed by atoms with Crippen LogP contribution in [0.2, 0.25) is 0 Å². The highest BCUT2D eigenvalue weighted by atomic mass is 79.9. The summed E-state index contributed by atoms with van der Waals surface area (Å²) in [6.07, 6.45) is 1.36. The van der Waals surface area contributed by atoms with Crippen LogP contribution in [0.1, 0.15) is 17.5 Å². The molecule has 0 radical (unpaired) electrons. The number of thiocarbonyl (C=S) groups is 1. The maximum atomic E-state index is 8.41. The summed E-state index contributed by atoms with van der Waals surface area (Å²) in [6, 6.07) is 8.09. The Morgan fingerprint density at radius 1 is 1.54 bits per heavy atom. The molecule has 0 amide bonds. The molecule has 0 bridgehead atoms. The molecule has 0 heterocycles. The summed E-state index contributed by atoms with van der Waals surface area (Å²) in [7, 11) is 0. The largest absolute Gasteiger partial charge is 0.198 e. The van der Waals surface area contributed by atoms with E-state index in [2.05, 4.69) is 22.0 Å².